The second kappa shape index (κ2) is 9.36. The van der Waals surface area contributed by atoms with Crippen molar-refractivity contribution in [1.29, 1.82) is 0 Å². The summed E-state index contributed by atoms with van der Waals surface area (Å²) < 4.78 is 10.5. The number of nitrogens with zero attached hydrogens (tertiary/aromatic N) is 1. The van der Waals surface area contributed by atoms with Crippen LogP contribution in [0.3, 0.4) is 0 Å². The monoisotopic (exact) mass is 427 g/mol. The third-order valence-corrected chi connectivity index (χ3v) is 4.83. The maximum atomic E-state index is 12.3. The number of carbonyl (C=O) groups is 3. The summed E-state index contributed by atoms with van der Waals surface area (Å²) in [5, 5.41) is 5.55. The van der Waals surface area contributed by atoms with Crippen molar-refractivity contribution in [2.45, 2.75) is 6.42 Å². The Kier molecular flexibility index (Phi) is 6.63. The van der Waals surface area contributed by atoms with E-state index in [0.717, 1.165) is 10.5 Å². The van der Waals surface area contributed by atoms with Crippen LogP contribution in [0.25, 0.3) is 0 Å². The molecule has 1 heterocycles. The summed E-state index contributed by atoms with van der Waals surface area (Å²) in [4.78, 5) is 37.8. The number of methoxy groups -OCH3 is 2. The normalized spacial score (nSPS) is 12.4. The molecule has 3 rings (SSSR count). The number of rotatable bonds is 7. The largest absolute Gasteiger partial charge is 0.493 e. The van der Waals surface area contributed by atoms with E-state index < -0.39 is 24.3 Å². The van der Waals surface area contributed by atoms with Crippen molar-refractivity contribution in [3.8, 4) is 11.5 Å². The van der Waals surface area contributed by atoms with E-state index in [9.17, 15) is 14.4 Å². The number of benzene rings is 2. The van der Waals surface area contributed by atoms with Crippen LogP contribution in [0.2, 0.25) is 0 Å². The Labute approximate surface area is 179 Å². The van der Waals surface area contributed by atoms with Crippen LogP contribution in [0, 0.1) is 0 Å². The first-order chi connectivity index (χ1) is 14.4. The number of hydrogen-bond acceptors (Lipinski definition) is 6. The average molecular weight is 427 g/mol. The predicted octanol–water partition coefficient (Wildman–Crippen LogP) is 1.53. The van der Waals surface area contributed by atoms with Crippen molar-refractivity contribution in [2.75, 3.05) is 27.3 Å². The highest BCUT2D eigenvalue weighted by molar-refractivity contribution is 7.80. The van der Waals surface area contributed by atoms with Crippen LogP contribution in [0.5, 0.6) is 11.5 Å². The third kappa shape index (κ3) is 4.57. The first-order valence-corrected chi connectivity index (χ1v) is 9.59. The molecule has 8 nitrogen and oxygen atoms in total. The van der Waals surface area contributed by atoms with E-state index in [4.69, 9.17) is 21.7 Å². The highest BCUT2D eigenvalue weighted by Gasteiger charge is 2.36. The van der Waals surface area contributed by atoms with Crippen molar-refractivity contribution in [1.82, 2.24) is 15.5 Å². The van der Waals surface area contributed by atoms with Gasteiger partial charge in [0, 0.05) is 6.54 Å². The van der Waals surface area contributed by atoms with Gasteiger partial charge in [-0.15, -0.1) is 0 Å². The molecule has 2 aromatic carbocycles. The number of amides is 3. The fourth-order valence-electron chi connectivity index (χ4n) is 3.09. The second-order valence-electron chi connectivity index (χ2n) is 6.49. The molecule has 0 atom stereocenters. The molecule has 1 aliphatic heterocycles. The van der Waals surface area contributed by atoms with Crippen molar-refractivity contribution in [2.24, 2.45) is 0 Å². The summed E-state index contributed by atoms with van der Waals surface area (Å²) >= 11 is 5.13. The van der Waals surface area contributed by atoms with Crippen molar-refractivity contribution >= 4 is 35.1 Å². The fourth-order valence-corrected chi connectivity index (χ4v) is 3.31. The van der Waals surface area contributed by atoms with Gasteiger partial charge in [0.05, 0.1) is 25.3 Å². The van der Waals surface area contributed by atoms with E-state index in [2.05, 4.69) is 10.6 Å². The first-order valence-electron chi connectivity index (χ1n) is 9.18. The van der Waals surface area contributed by atoms with Gasteiger partial charge in [-0.05, 0) is 48.5 Å². The molecule has 2 aromatic rings. The molecule has 1 aliphatic rings. The molecule has 0 radical (unpaired) electrons. The number of thiocarbonyl (C=S) groups is 1. The molecule has 3 amide bonds. The molecular weight excluding hydrogens is 406 g/mol. The van der Waals surface area contributed by atoms with Gasteiger partial charge < -0.3 is 20.1 Å². The Balaban J connectivity index is 1.47. The van der Waals surface area contributed by atoms with Gasteiger partial charge in [-0.1, -0.05) is 18.2 Å². The standard InChI is InChI=1S/C21H21N3O5S/c1-28-16-8-7-13(11-17(16)29-2)9-10-22-21(30)23-18(25)12-24-19(26)14-5-3-4-6-15(14)20(24)27/h3-8,11H,9-10,12H2,1-2H3,(H2,22,23,25,30). The summed E-state index contributed by atoms with van der Waals surface area (Å²) in [6.07, 6.45) is 0.634. The van der Waals surface area contributed by atoms with E-state index in [1.54, 1.807) is 38.5 Å². The number of ether oxygens (including phenoxy) is 2. The quantitative estimate of drug-likeness (QED) is 0.511. The summed E-state index contributed by atoms with van der Waals surface area (Å²) in [7, 11) is 3.14. The van der Waals surface area contributed by atoms with Gasteiger partial charge in [-0.3, -0.25) is 19.3 Å². The molecule has 0 saturated carbocycles. The summed E-state index contributed by atoms with van der Waals surface area (Å²) in [5.74, 6) is -0.249. The minimum absolute atomic E-state index is 0.122. The minimum atomic E-state index is -0.548. The van der Waals surface area contributed by atoms with Crippen LogP contribution in [0.4, 0.5) is 0 Å². The Morgan fingerprint density at radius 1 is 1.00 bits per heavy atom. The average Bonchev–Trinajstić information content (AvgIpc) is 2.98. The van der Waals surface area contributed by atoms with E-state index in [1.807, 2.05) is 18.2 Å². The van der Waals surface area contributed by atoms with Crippen molar-refractivity contribution in [3.63, 3.8) is 0 Å². The topological polar surface area (TPSA) is 97.0 Å². The number of hydrogen-bond donors (Lipinski definition) is 2. The minimum Gasteiger partial charge on any atom is -0.493 e. The fraction of sp³-hybridized carbons (Fsp3) is 0.238. The van der Waals surface area contributed by atoms with Crippen LogP contribution < -0.4 is 20.1 Å². The van der Waals surface area contributed by atoms with Crippen LogP contribution in [0.1, 0.15) is 26.3 Å². The molecule has 9 heteroatoms. The van der Waals surface area contributed by atoms with E-state index in [0.29, 0.717) is 35.6 Å². The van der Waals surface area contributed by atoms with E-state index in [1.165, 1.54) is 0 Å². The molecule has 30 heavy (non-hydrogen) atoms. The summed E-state index contributed by atoms with van der Waals surface area (Å²) in [6, 6.07) is 12.1. The molecule has 0 aromatic heterocycles. The van der Waals surface area contributed by atoms with Gasteiger partial charge in [-0.25, -0.2) is 0 Å². The van der Waals surface area contributed by atoms with Crippen LogP contribution in [0.15, 0.2) is 42.5 Å². The van der Waals surface area contributed by atoms with E-state index >= 15 is 0 Å². The number of nitrogens with one attached hydrogen (secondary N) is 2. The van der Waals surface area contributed by atoms with E-state index in [-0.39, 0.29) is 5.11 Å². The van der Waals surface area contributed by atoms with Gasteiger partial charge in [0.25, 0.3) is 11.8 Å². The molecule has 0 aliphatic carbocycles. The molecule has 0 spiro atoms. The molecule has 0 bridgehead atoms. The van der Waals surface area contributed by atoms with Crippen LogP contribution in [-0.4, -0.2) is 55.0 Å². The lowest BCUT2D eigenvalue weighted by Crippen LogP contribution is -2.46. The Bertz CT molecular complexity index is 973. The van der Waals surface area contributed by atoms with Crippen molar-refractivity contribution in [3.05, 3.63) is 59.2 Å². The smallest absolute Gasteiger partial charge is 0.262 e. The molecule has 0 fully saturated rings. The molecule has 0 saturated heterocycles. The summed E-state index contributed by atoms with van der Waals surface area (Å²) in [6.45, 7) is 0.0749. The van der Waals surface area contributed by atoms with Gasteiger partial charge >= 0.3 is 0 Å². The maximum Gasteiger partial charge on any atom is 0.262 e. The number of carbonyl (C=O) groups excluding carboxylic acids is 3. The molecular formula is C21H21N3O5S. The van der Waals surface area contributed by atoms with Crippen LogP contribution in [-0.2, 0) is 11.2 Å². The highest BCUT2D eigenvalue weighted by Crippen LogP contribution is 2.27. The Morgan fingerprint density at radius 2 is 1.63 bits per heavy atom. The first kappa shape index (κ1) is 21.3. The van der Waals surface area contributed by atoms with Gasteiger partial charge in [-0.2, -0.15) is 0 Å². The van der Waals surface area contributed by atoms with Crippen LogP contribution >= 0.6 is 12.2 Å². The third-order valence-electron chi connectivity index (χ3n) is 4.58. The number of imide groups is 1. The predicted molar refractivity (Wildman–Crippen MR) is 114 cm³/mol. The lowest BCUT2D eigenvalue weighted by atomic mass is 10.1. The zero-order valence-electron chi connectivity index (χ0n) is 16.6. The Hall–Kier alpha value is -3.46. The van der Waals surface area contributed by atoms with Gasteiger partial charge in [0.2, 0.25) is 5.91 Å². The second-order valence-corrected chi connectivity index (χ2v) is 6.89. The summed E-state index contributed by atoms with van der Waals surface area (Å²) in [5.41, 5.74) is 1.59. The molecule has 2 N–H and O–H groups in total. The van der Waals surface area contributed by atoms with Crippen molar-refractivity contribution < 1.29 is 23.9 Å². The zero-order chi connectivity index (χ0) is 21.7. The zero-order valence-corrected chi connectivity index (χ0v) is 17.4. The molecule has 156 valence electrons. The van der Waals surface area contributed by atoms with Gasteiger partial charge in [0.15, 0.2) is 16.6 Å². The molecule has 0 unspecified atom stereocenters. The lowest BCUT2D eigenvalue weighted by Gasteiger charge is -2.15. The van der Waals surface area contributed by atoms with Gasteiger partial charge in [0.1, 0.15) is 6.54 Å². The number of fused-ring (bicyclic) bond motifs is 1. The lowest BCUT2D eigenvalue weighted by molar-refractivity contribution is -0.120. The Morgan fingerprint density at radius 3 is 2.23 bits per heavy atom. The maximum absolute atomic E-state index is 12.3. The highest BCUT2D eigenvalue weighted by atomic mass is 32.1. The SMILES string of the molecule is COc1ccc(CCNC(=S)NC(=O)CN2C(=O)c3ccccc3C2=O)cc1OC.